The van der Waals surface area contributed by atoms with E-state index in [4.69, 9.17) is 20.0 Å². The third-order valence-corrected chi connectivity index (χ3v) is 2.96. The van der Waals surface area contributed by atoms with E-state index in [0.717, 1.165) is 5.56 Å². The van der Waals surface area contributed by atoms with Gasteiger partial charge in [-0.15, -0.1) is 0 Å². The number of nitrogens with two attached hydrogens (primary N) is 1. The molecule has 22 heavy (non-hydrogen) atoms. The van der Waals surface area contributed by atoms with Crippen LogP contribution in [0.5, 0.6) is 11.5 Å². The molecule has 6 heteroatoms. The summed E-state index contributed by atoms with van der Waals surface area (Å²) in [4.78, 5) is 17.0. The lowest BCUT2D eigenvalue weighted by molar-refractivity contribution is -0.721. The van der Waals surface area contributed by atoms with E-state index in [0.29, 0.717) is 17.1 Å². The molecule has 0 unspecified atom stereocenters. The Balaban J connectivity index is 2.12. The van der Waals surface area contributed by atoms with Crippen LogP contribution in [-0.2, 0) is 4.84 Å². The fraction of sp³-hybridized carbons (Fsp3) is 0.125. The van der Waals surface area contributed by atoms with Crippen molar-refractivity contribution in [1.29, 1.82) is 0 Å². The van der Waals surface area contributed by atoms with Crippen LogP contribution in [0.15, 0.2) is 48.5 Å². The number of benzene rings is 2. The third kappa shape index (κ3) is 3.54. The molecule has 0 spiro atoms. The first-order chi connectivity index (χ1) is 10.7. The monoisotopic (exact) mass is 301 g/mol. The zero-order chi connectivity index (χ0) is 15.9. The molecule has 0 aliphatic rings. The van der Waals surface area contributed by atoms with Crippen molar-refractivity contribution in [2.24, 2.45) is 5.73 Å². The van der Waals surface area contributed by atoms with Crippen molar-refractivity contribution in [1.82, 2.24) is 0 Å². The number of hydrogen-bond acceptors (Lipinski definition) is 4. The van der Waals surface area contributed by atoms with Crippen LogP contribution in [0.3, 0.4) is 0 Å². The summed E-state index contributed by atoms with van der Waals surface area (Å²) in [6.45, 7) is 0. The molecule has 0 amide bonds. The van der Waals surface area contributed by atoms with E-state index >= 15 is 0 Å². The van der Waals surface area contributed by atoms with Gasteiger partial charge in [0.25, 0.3) is 0 Å². The molecule has 0 aliphatic heterocycles. The molecular formula is C16H17N2O4+. The van der Waals surface area contributed by atoms with Crippen molar-refractivity contribution in [3.05, 3.63) is 59.7 Å². The summed E-state index contributed by atoms with van der Waals surface area (Å²) >= 11 is 0. The summed E-state index contributed by atoms with van der Waals surface area (Å²) < 4.78 is 10.2. The number of methoxy groups -OCH3 is 2. The maximum absolute atomic E-state index is 12.0. The van der Waals surface area contributed by atoms with Crippen molar-refractivity contribution in [2.75, 3.05) is 14.2 Å². The number of nitrogen functional groups attached to an aromatic ring is 1. The normalized spacial score (nSPS) is 10.9. The van der Waals surface area contributed by atoms with Crippen LogP contribution in [0.1, 0.15) is 15.9 Å². The molecule has 0 bridgehead atoms. The van der Waals surface area contributed by atoms with Crippen molar-refractivity contribution in [2.45, 2.75) is 0 Å². The highest BCUT2D eigenvalue weighted by atomic mass is 16.7. The van der Waals surface area contributed by atoms with Crippen LogP contribution in [-0.4, -0.2) is 26.0 Å². The molecule has 0 aliphatic carbocycles. The Kier molecular flexibility index (Phi) is 4.98. The van der Waals surface area contributed by atoms with Gasteiger partial charge in [-0.25, -0.2) is 4.79 Å². The van der Waals surface area contributed by atoms with Gasteiger partial charge in [-0.2, -0.15) is 0 Å². The van der Waals surface area contributed by atoms with E-state index < -0.39 is 5.97 Å². The molecule has 0 atom stereocenters. The molecule has 2 aromatic rings. The van der Waals surface area contributed by atoms with E-state index in [1.54, 1.807) is 24.3 Å². The molecule has 0 saturated carbocycles. The van der Waals surface area contributed by atoms with E-state index in [1.807, 2.05) is 18.2 Å². The van der Waals surface area contributed by atoms with Crippen LogP contribution in [0, 0.1) is 0 Å². The predicted molar refractivity (Wildman–Crippen MR) is 80.7 cm³/mol. The summed E-state index contributed by atoms with van der Waals surface area (Å²) in [6, 6.07) is 13.9. The van der Waals surface area contributed by atoms with Crippen molar-refractivity contribution < 1.29 is 24.3 Å². The zero-order valence-corrected chi connectivity index (χ0v) is 12.3. The highest BCUT2D eigenvalue weighted by Crippen LogP contribution is 2.27. The molecule has 0 radical (unpaired) electrons. The fourth-order valence-corrected chi connectivity index (χ4v) is 1.80. The van der Waals surface area contributed by atoms with Gasteiger partial charge < -0.3 is 9.47 Å². The lowest BCUT2D eigenvalue weighted by Gasteiger charge is -2.07. The summed E-state index contributed by atoms with van der Waals surface area (Å²) in [7, 11) is 3.01. The standard InChI is InChI=1S/C16H16N2O4/c1-20-13-9-8-12(10-14(13)21-2)16(19)22-18-15(17)11-6-4-3-5-7-11/h3-10H,1-2H3,(H2,17,18)/p+1. The molecule has 2 rings (SSSR count). The van der Waals surface area contributed by atoms with E-state index in [2.05, 4.69) is 5.16 Å². The minimum Gasteiger partial charge on any atom is -0.493 e. The predicted octanol–water partition coefficient (Wildman–Crippen LogP) is 0.262. The van der Waals surface area contributed by atoms with Gasteiger partial charge in [0.05, 0.1) is 25.3 Å². The maximum atomic E-state index is 12.0. The molecule has 3 N–H and O–H groups in total. The number of rotatable bonds is 5. The minimum absolute atomic E-state index is 0.245. The first kappa shape index (κ1) is 15.4. The van der Waals surface area contributed by atoms with Gasteiger partial charge >= 0.3 is 11.8 Å². The Morgan fingerprint density at radius 2 is 1.64 bits per heavy atom. The molecule has 6 nitrogen and oxygen atoms in total. The average molecular weight is 301 g/mol. The molecule has 0 saturated heterocycles. The zero-order valence-electron chi connectivity index (χ0n) is 12.3. The van der Waals surface area contributed by atoms with Gasteiger partial charge in [0.1, 0.15) is 0 Å². The van der Waals surface area contributed by atoms with Gasteiger partial charge in [-0.3, -0.25) is 10.6 Å². The number of hydrogen-bond donors (Lipinski definition) is 2. The average Bonchev–Trinajstić information content (AvgIpc) is 2.59. The van der Waals surface area contributed by atoms with Gasteiger partial charge in [-0.05, 0) is 30.3 Å². The third-order valence-electron chi connectivity index (χ3n) is 2.96. The maximum Gasteiger partial charge on any atom is 0.388 e. The van der Waals surface area contributed by atoms with Crippen LogP contribution >= 0.6 is 0 Å². The summed E-state index contributed by atoms with van der Waals surface area (Å²) in [5.74, 6) is 0.633. The van der Waals surface area contributed by atoms with Crippen molar-refractivity contribution in [3.63, 3.8) is 0 Å². The number of amidine groups is 1. The first-order valence-electron chi connectivity index (χ1n) is 6.52. The minimum atomic E-state index is -0.583. The quantitative estimate of drug-likeness (QED) is 0.358. The number of carbonyl (C=O) groups is 1. The Labute approximate surface area is 128 Å². The van der Waals surface area contributed by atoms with Gasteiger partial charge in [0, 0.05) is 0 Å². The van der Waals surface area contributed by atoms with E-state index in [-0.39, 0.29) is 5.84 Å². The highest BCUT2D eigenvalue weighted by molar-refractivity contribution is 5.93. The molecule has 0 aromatic heterocycles. The fourth-order valence-electron chi connectivity index (χ4n) is 1.80. The topological polar surface area (TPSA) is 84.8 Å². The smallest absolute Gasteiger partial charge is 0.388 e. The van der Waals surface area contributed by atoms with Crippen LogP contribution < -0.4 is 20.4 Å². The van der Waals surface area contributed by atoms with Gasteiger partial charge in [0.15, 0.2) is 11.5 Å². The Bertz CT molecular complexity index is 684. The molecule has 0 fully saturated rings. The van der Waals surface area contributed by atoms with Gasteiger partial charge in [-0.1, -0.05) is 23.4 Å². The molecule has 0 heterocycles. The van der Waals surface area contributed by atoms with E-state index in [1.165, 1.54) is 20.3 Å². The highest BCUT2D eigenvalue weighted by Gasteiger charge is 2.14. The molecular weight excluding hydrogens is 284 g/mol. The van der Waals surface area contributed by atoms with Crippen molar-refractivity contribution >= 4 is 11.8 Å². The number of nitrogens with one attached hydrogen (secondary N) is 1. The first-order valence-corrected chi connectivity index (χ1v) is 6.52. The van der Waals surface area contributed by atoms with Crippen LogP contribution in [0.4, 0.5) is 0 Å². The summed E-state index contributed by atoms with van der Waals surface area (Å²) in [5.41, 5.74) is 6.84. The van der Waals surface area contributed by atoms with Crippen LogP contribution in [0.2, 0.25) is 0 Å². The summed E-state index contributed by atoms with van der Waals surface area (Å²) in [6.07, 6.45) is 0. The largest absolute Gasteiger partial charge is 0.493 e. The molecule has 114 valence electrons. The second-order valence-corrected chi connectivity index (χ2v) is 4.34. The lowest BCUT2D eigenvalue weighted by atomic mass is 10.2. The Morgan fingerprint density at radius 1 is 0.955 bits per heavy atom. The number of carbonyl (C=O) groups excluding carboxylic acids is 1. The SMILES string of the molecule is COc1ccc(C(=O)O[NH+]=C(N)c2ccccc2)cc1OC. The number of ether oxygens (including phenoxy) is 2. The Hall–Kier alpha value is -3.02. The van der Waals surface area contributed by atoms with E-state index in [9.17, 15) is 4.79 Å². The van der Waals surface area contributed by atoms with Gasteiger partial charge in [0.2, 0.25) is 0 Å². The Morgan fingerprint density at radius 3 is 2.27 bits per heavy atom. The van der Waals surface area contributed by atoms with Crippen molar-refractivity contribution in [3.8, 4) is 11.5 Å². The summed E-state index contributed by atoms with van der Waals surface area (Å²) in [5, 5.41) is 2.44. The second kappa shape index (κ2) is 7.12. The second-order valence-electron chi connectivity index (χ2n) is 4.34. The molecule has 2 aromatic carbocycles. The van der Waals surface area contributed by atoms with Crippen LogP contribution in [0.25, 0.3) is 0 Å². The lowest BCUT2D eigenvalue weighted by Crippen LogP contribution is -2.75.